The molecule has 0 aliphatic heterocycles. The lowest BCUT2D eigenvalue weighted by molar-refractivity contribution is 1.57. The molecule has 0 radical (unpaired) electrons. The van der Waals surface area contributed by atoms with Gasteiger partial charge in [-0.1, -0.05) is 49.0 Å². The van der Waals surface area contributed by atoms with Crippen molar-refractivity contribution in [3.63, 3.8) is 0 Å². The number of nitrogens with two attached hydrogens (primary N) is 1. The lowest BCUT2D eigenvalue weighted by atomic mass is 10.0. The van der Waals surface area contributed by atoms with Crippen molar-refractivity contribution in [1.82, 2.24) is 6.15 Å². The first-order chi connectivity index (χ1) is 6.29. The predicted octanol–water partition coefficient (Wildman–Crippen LogP) is 3.35. The van der Waals surface area contributed by atoms with Crippen molar-refractivity contribution < 1.29 is 0 Å². The summed E-state index contributed by atoms with van der Waals surface area (Å²) < 4.78 is 0. The van der Waals surface area contributed by atoms with Gasteiger partial charge in [-0.15, -0.1) is 12.4 Å². The van der Waals surface area contributed by atoms with Gasteiger partial charge in [0.2, 0.25) is 0 Å². The van der Waals surface area contributed by atoms with Crippen LogP contribution in [0.5, 0.6) is 0 Å². The molecule has 0 spiro atoms. The molecule has 0 bridgehead atoms. The summed E-state index contributed by atoms with van der Waals surface area (Å²) in [6.45, 7) is 3.75. The maximum atomic E-state index is 5.69. The van der Waals surface area contributed by atoms with Gasteiger partial charge in [-0.05, 0) is 10.8 Å². The van der Waals surface area contributed by atoms with E-state index in [2.05, 4.69) is 24.8 Å². The van der Waals surface area contributed by atoms with Gasteiger partial charge >= 0.3 is 0 Å². The molecule has 0 heterocycles. The van der Waals surface area contributed by atoms with E-state index < -0.39 is 0 Å². The van der Waals surface area contributed by atoms with Crippen LogP contribution in [0.15, 0.2) is 49.0 Å². The Morgan fingerprint density at radius 2 is 1.60 bits per heavy atom. The summed E-state index contributed by atoms with van der Waals surface area (Å²) in [5.41, 5.74) is 7.33. The van der Waals surface area contributed by atoms with Crippen molar-refractivity contribution >= 4 is 28.9 Å². The highest BCUT2D eigenvalue weighted by atomic mass is 35.5. The standard InChI is InChI=1S/C12H11N.ClH.H3N/c1-9(13)11-8-4-6-10-5-2-3-7-12(10)11;;/h2-8H,1,13H2;1H;1H3. The van der Waals surface area contributed by atoms with E-state index in [-0.39, 0.29) is 18.6 Å². The fraction of sp³-hybridized carbons (Fsp3) is 0. The highest BCUT2D eigenvalue weighted by molar-refractivity contribution is 5.92. The molecule has 2 nitrogen and oxygen atoms in total. The smallest absolute Gasteiger partial charge is 0.0320 e. The Kier molecular flexibility index (Phi) is 4.85. The SMILES string of the molecule is C=C(N)c1cccc2ccccc12.Cl.N. The quantitative estimate of drug-likeness (QED) is 0.777. The summed E-state index contributed by atoms with van der Waals surface area (Å²) in [5.74, 6) is 0. The largest absolute Gasteiger partial charge is 0.399 e. The number of benzene rings is 2. The maximum absolute atomic E-state index is 5.69. The van der Waals surface area contributed by atoms with E-state index >= 15 is 0 Å². The summed E-state index contributed by atoms with van der Waals surface area (Å²) in [6, 6.07) is 14.2. The molecule has 0 saturated carbocycles. The predicted molar refractivity (Wildman–Crippen MR) is 69.4 cm³/mol. The summed E-state index contributed by atoms with van der Waals surface area (Å²) >= 11 is 0. The average molecular weight is 223 g/mol. The molecular formula is C12H15ClN2. The van der Waals surface area contributed by atoms with Crippen LogP contribution in [-0.4, -0.2) is 0 Å². The zero-order valence-electron chi connectivity index (χ0n) is 8.44. The minimum atomic E-state index is 0. The molecule has 0 unspecified atom stereocenters. The molecule has 2 rings (SSSR count). The molecule has 0 saturated heterocycles. The van der Waals surface area contributed by atoms with Crippen LogP contribution >= 0.6 is 12.4 Å². The van der Waals surface area contributed by atoms with Crippen molar-refractivity contribution in [3.8, 4) is 0 Å². The third-order valence-corrected chi connectivity index (χ3v) is 2.14. The fourth-order valence-corrected chi connectivity index (χ4v) is 1.51. The molecule has 5 N–H and O–H groups in total. The summed E-state index contributed by atoms with van der Waals surface area (Å²) in [7, 11) is 0. The molecule has 0 amide bonds. The second-order valence-corrected chi connectivity index (χ2v) is 3.05. The van der Waals surface area contributed by atoms with Gasteiger partial charge in [0.25, 0.3) is 0 Å². The highest BCUT2D eigenvalue weighted by Crippen LogP contribution is 2.21. The maximum Gasteiger partial charge on any atom is 0.0320 e. The Bertz CT molecular complexity index is 461. The molecule has 2 aromatic carbocycles. The second kappa shape index (κ2) is 5.39. The topological polar surface area (TPSA) is 61.0 Å². The molecule has 15 heavy (non-hydrogen) atoms. The number of fused-ring (bicyclic) bond motifs is 1. The molecule has 0 aliphatic rings. The van der Waals surface area contributed by atoms with Crippen LogP contribution in [-0.2, 0) is 0 Å². The van der Waals surface area contributed by atoms with Gasteiger partial charge in [0.1, 0.15) is 0 Å². The van der Waals surface area contributed by atoms with Gasteiger partial charge in [0.05, 0.1) is 0 Å². The Labute approximate surface area is 95.8 Å². The third-order valence-electron chi connectivity index (χ3n) is 2.14. The summed E-state index contributed by atoms with van der Waals surface area (Å²) in [4.78, 5) is 0. The van der Waals surface area contributed by atoms with E-state index in [1.54, 1.807) is 0 Å². The molecule has 2 aromatic rings. The van der Waals surface area contributed by atoms with E-state index in [1.165, 1.54) is 5.39 Å². The van der Waals surface area contributed by atoms with Crippen molar-refractivity contribution in [2.75, 3.05) is 0 Å². The van der Waals surface area contributed by atoms with Crippen LogP contribution in [0.1, 0.15) is 5.56 Å². The minimum Gasteiger partial charge on any atom is -0.399 e. The van der Waals surface area contributed by atoms with Gasteiger partial charge in [0.15, 0.2) is 0 Å². The van der Waals surface area contributed by atoms with E-state index in [0.717, 1.165) is 10.9 Å². The van der Waals surface area contributed by atoms with Crippen molar-refractivity contribution in [2.24, 2.45) is 5.73 Å². The Morgan fingerprint density at radius 1 is 1.00 bits per heavy atom. The first kappa shape index (κ1) is 13.5. The Morgan fingerprint density at radius 3 is 2.27 bits per heavy atom. The van der Waals surface area contributed by atoms with Crippen molar-refractivity contribution in [2.45, 2.75) is 0 Å². The van der Waals surface area contributed by atoms with E-state index in [0.29, 0.717) is 5.70 Å². The Balaban J connectivity index is 0.000000980. The summed E-state index contributed by atoms with van der Waals surface area (Å²) in [6.07, 6.45) is 0. The zero-order chi connectivity index (χ0) is 9.26. The molecule has 0 fully saturated rings. The minimum absolute atomic E-state index is 0. The highest BCUT2D eigenvalue weighted by Gasteiger charge is 1.99. The summed E-state index contributed by atoms with van der Waals surface area (Å²) in [5, 5.41) is 2.36. The third kappa shape index (κ3) is 2.49. The van der Waals surface area contributed by atoms with Crippen LogP contribution in [0.4, 0.5) is 0 Å². The fourth-order valence-electron chi connectivity index (χ4n) is 1.51. The molecule has 0 aliphatic carbocycles. The Hall–Kier alpha value is -1.51. The number of halogens is 1. The van der Waals surface area contributed by atoms with Crippen LogP contribution < -0.4 is 11.9 Å². The molecule has 80 valence electrons. The second-order valence-electron chi connectivity index (χ2n) is 3.05. The number of hydrogen-bond donors (Lipinski definition) is 2. The van der Waals surface area contributed by atoms with E-state index in [1.807, 2.05) is 24.3 Å². The van der Waals surface area contributed by atoms with Gasteiger partial charge < -0.3 is 11.9 Å². The van der Waals surface area contributed by atoms with Gasteiger partial charge in [0, 0.05) is 11.3 Å². The van der Waals surface area contributed by atoms with Crippen LogP contribution in [0.2, 0.25) is 0 Å². The molecule has 0 atom stereocenters. The van der Waals surface area contributed by atoms with Crippen LogP contribution in [0, 0.1) is 0 Å². The lowest BCUT2D eigenvalue weighted by Gasteiger charge is -2.04. The monoisotopic (exact) mass is 222 g/mol. The van der Waals surface area contributed by atoms with E-state index in [9.17, 15) is 0 Å². The van der Waals surface area contributed by atoms with Crippen LogP contribution in [0.3, 0.4) is 0 Å². The van der Waals surface area contributed by atoms with Gasteiger partial charge in [-0.25, -0.2) is 0 Å². The first-order valence-electron chi connectivity index (χ1n) is 4.21. The van der Waals surface area contributed by atoms with E-state index in [4.69, 9.17) is 5.73 Å². The molecule has 0 aromatic heterocycles. The van der Waals surface area contributed by atoms with Crippen LogP contribution in [0.25, 0.3) is 16.5 Å². The van der Waals surface area contributed by atoms with Crippen molar-refractivity contribution in [3.05, 3.63) is 54.6 Å². The van der Waals surface area contributed by atoms with Gasteiger partial charge in [-0.3, -0.25) is 0 Å². The first-order valence-corrected chi connectivity index (χ1v) is 4.21. The molecule has 3 heteroatoms. The van der Waals surface area contributed by atoms with Crippen molar-refractivity contribution in [1.29, 1.82) is 0 Å². The zero-order valence-corrected chi connectivity index (χ0v) is 9.26. The number of rotatable bonds is 1. The normalized spacial score (nSPS) is 8.80. The molecular weight excluding hydrogens is 208 g/mol. The number of hydrogen-bond acceptors (Lipinski definition) is 2. The lowest BCUT2D eigenvalue weighted by Crippen LogP contribution is -1.94. The average Bonchev–Trinajstić information content (AvgIpc) is 2.17. The van der Waals surface area contributed by atoms with Gasteiger partial charge in [-0.2, -0.15) is 0 Å².